The summed E-state index contributed by atoms with van der Waals surface area (Å²) in [6.45, 7) is 8.22. The van der Waals surface area contributed by atoms with E-state index in [2.05, 4.69) is 17.2 Å². The number of pyridine rings is 1. The summed E-state index contributed by atoms with van der Waals surface area (Å²) in [6.07, 6.45) is 0.0528. The van der Waals surface area contributed by atoms with E-state index >= 15 is 0 Å². The highest BCUT2D eigenvalue weighted by molar-refractivity contribution is 5.92. The Morgan fingerprint density at radius 3 is 2.90 bits per heavy atom. The third kappa shape index (κ3) is 4.35. The summed E-state index contributed by atoms with van der Waals surface area (Å²) in [5.74, 6) is 0.478. The molecule has 1 saturated heterocycles. The Morgan fingerprint density at radius 1 is 1.50 bits per heavy atom. The maximum absolute atomic E-state index is 12.4. The molecule has 0 saturated carbocycles. The Hall–Kier alpha value is -1.33. The van der Waals surface area contributed by atoms with E-state index in [4.69, 9.17) is 4.74 Å². The van der Waals surface area contributed by atoms with E-state index in [0.717, 1.165) is 19.6 Å². The van der Waals surface area contributed by atoms with Crippen molar-refractivity contribution >= 4 is 18.3 Å². The number of nitrogens with one attached hydrogen (secondary N) is 1. The lowest BCUT2D eigenvalue weighted by Crippen LogP contribution is -2.51. The molecule has 1 N–H and O–H groups in total. The van der Waals surface area contributed by atoms with Crippen LogP contribution in [-0.2, 0) is 0 Å². The molecule has 1 aromatic heterocycles. The lowest BCUT2D eigenvalue weighted by molar-refractivity contribution is 0.0701. The Balaban J connectivity index is 0.00000200. The van der Waals surface area contributed by atoms with E-state index in [1.807, 2.05) is 24.8 Å². The van der Waals surface area contributed by atoms with Gasteiger partial charge < -0.3 is 15.0 Å². The molecule has 1 amide bonds. The number of halogens is 1. The van der Waals surface area contributed by atoms with Gasteiger partial charge >= 0.3 is 0 Å². The Kier molecular flexibility index (Phi) is 6.23. The molecule has 20 heavy (non-hydrogen) atoms. The first-order valence-electron chi connectivity index (χ1n) is 6.72. The standard InChI is InChI=1S/C14H21N3O2.ClH/c1-10(2)19-13-6-4-5-12(16-13)14(18)17-8-7-15-11(3)9-17;/h4-6,10-11,15H,7-9H2,1-3H3;1H/t11-;/m1./s1. The van der Waals surface area contributed by atoms with Crippen molar-refractivity contribution in [2.45, 2.75) is 32.9 Å². The Morgan fingerprint density at radius 2 is 2.25 bits per heavy atom. The molecule has 1 fully saturated rings. The van der Waals surface area contributed by atoms with Crippen LogP contribution in [-0.4, -0.2) is 47.6 Å². The lowest BCUT2D eigenvalue weighted by atomic mass is 10.2. The van der Waals surface area contributed by atoms with E-state index in [1.165, 1.54) is 0 Å². The summed E-state index contributed by atoms with van der Waals surface area (Å²) in [6, 6.07) is 5.65. The molecule has 0 aliphatic carbocycles. The van der Waals surface area contributed by atoms with Gasteiger partial charge in [-0.3, -0.25) is 4.79 Å². The number of carbonyl (C=O) groups is 1. The zero-order valence-corrected chi connectivity index (χ0v) is 12.9. The van der Waals surface area contributed by atoms with Crippen molar-refractivity contribution in [2.24, 2.45) is 0 Å². The zero-order chi connectivity index (χ0) is 13.8. The van der Waals surface area contributed by atoms with Gasteiger partial charge in [0.05, 0.1) is 6.10 Å². The predicted molar refractivity (Wildman–Crippen MR) is 80.6 cm³/mol. The van der Waals surface area contributed by atoms with Crippen LogP contribution in [0.15, 0.2) is 18.2 Å². The van der Waals surface area contributed by atoms with E-state index in [-0.39, 0.29) is 24.4 Å². The summed E-state index contributed by atoms with van der Waals surface area (Å²) < 4.78 is 5.52. The minimum atomic E-state index is -0.0254. The van der Waals surface area contributed by atoms with Crippen molar-refractivity contribution in [2.75, 3.05) is 19.6 Å². The summed E-state index contributed by atoms with van der Waals surface area (Å²) in [7, 11) is 0. The fraction of sp³-hybridized carbons (Fsp3) is 0.571. The largest absolute Gasteiger partial charge is 0.475 e. The van der Waals surface area contributed by atoms with Gasteiger partial charge in [-0.2, -0.15) is 0 Å². The molecule has 0 unspecified atom stereocenters. The molecule has 0 radical (unpaired) electrons. The van der Waals surface area contributed by atoms with Crippen LogP contribution < -0.4 is 10.1 Å². The van der Waals surface area contributed by atoms with E-state index < -0.39 is 0 Å². The first-order valence-corrected chi connectivity index (χ1v) is 6.72. The molecule has 112 valence electrons. The second kappa shape index (κ2) is 7.45. The van der Waals surface area contributed by atoms with Gasteiger partial charge in [-0.05, 0) is 26.8 Å². The summed E-state index contributed by atoms with van der Waals surface area (Å²) >= 11 is 0. The first-order chi connectivity index (χ1) is 9.06. The lowest BCUT2D eigenvalue weighted by Gasteiger charge is -2.31. The van der Waals surface area contributed by atoms with Gasteiger partial charge in [-0.15, -0.1) is 12.4 Å². The summed E-state index contributed by atoms with van der Waals surface area (Å²) in [5.41, 5.74) is 0.451. The maximum atomic E-state index is 12.4. The molecule has 2 rings (SSSR count). The molecule has 2 heterocycles. The fourth-order valence-electron chi connectivity index (χ4n) is 2.12. The van der Waals surface area contributed by atoms with Crippen LogP contribution in [0.5, 0.6) is 5.88 Å². The fourth-order valence-corrected chi connectivity index (χ4v) is 2.12. The molecule has 1 aliphatic rings. The van der Waals surface area contributed by atoms with Gasteiger partial charge in [0.1, 0.15) is 5.69 Å². The molecule has 0 bridgehead atoms. The molecule has 0 spiro atoms. The monoisotopic (exact) mass is 299 g/mol. The average Bonchev–Trinajstić information content (AvgIpc) is 2.37. The van der Waals surface area contributed by atoms with Crippen LogP contribution in [0.4, 0.5) is 0 Å². The number of nitrogens with zero attached hydrogens (tertiary/aromatic N) is 2. The third-order valence-corrected chi connectivity index (χ3v) is 2.96. The zero-order valence-electron chi connectivity index (χ0n) is 12.1. The maximum Gasteiger partial charge on any atom is 0.272 e. The van der Waals surface area contributed by atoms with Crippen molar-refractivity contribution in [3.05, 3.63) is 23.9 Å². The quantitative estimate of drug-likeness (QED) is 0.923. The molecular weight excluding hydrogens is 278 g/mol. The molecule has 0 aromatic carbocycles. The highest BCUT2D eigenvalue weighted by Gasteiger charge is 2.22. The second-order valence-corrected chi connectivity index (χ2v) is 5.13. The van der Waals surface area contributed by atoms with Crippen LogP contribution in [0.3, 0.4) is 0 Å². The van der Waals surface area contributed by atoms with Crippen molar-refractivity contribution in [1.82, 2.24) is 15.2 Å². The van der Waals surface area contributed by atoms with Crippen LogP contribution in [0, 0.1) is 0 Å². The van der Waals surface area contributed by atoms with Gasteiger partial charge in [0.15, 0.2) is 0 Å². The number of carbonyl (C=O) groups excluding carboxylic acids is 1. The average molecular weight is 300 g/mol. The van der Waals surface area contributed by atoms with E-state index in [1.54, 1.807) is 12.1 Å². The topological polar surface area (TPSA) is 54.5 Å². The Bertz CT molecular complexity index is 454. The highest BCUT2D eigenvalue weighted by Crippen LogP contribution is 2.12. The van der Waals surface area contributed by atoms with Crippen molar-refractivity contribution in [3.63, 3.8) is 0 Å². The number of rotatable bonds is 3. The van der Waals surface area contributed by atoms with Gasteiger partial charge in [0, 0.05) is 31.7 Å². The third-order valence-electron chi connectivity index (χ3n) is 2.96. The molecule has 1 atom stereocenters. The molecule has 6 heteroatoms. The van der Waals surface area contributed by atoms with Gasteiger partial charge in [0.2, 0.25) is 5.88 Å². The van der Waals surface area contributed by atoms with Crippen LogP contribution in [0.1, 0.15) is 31.3 Å². The van der Waals surface area contributed by atoms with Crippen LogP contribution in [0.2, 0.25) is 0 Å². The number of hydrogen-bond donors (Lipinski definition) is 1. The number of amides is 1. The minimum Gasteiger partial charge on any atom is -0.475 e. The number of aromatic nitrogens is 1. The van der Waals surface area contributed by atoms with Crippen molar-refractivity contribution in [1.29, 1.82) is 0 Å². The summed E-state index contributed by atoms with van der Waals surface area (Å²) in [4.78, 5) is 18.5. The number of piperazine rings is 1. The first kappa shape index (κ1) is 16.7. The van der Waals surface area contributed by atoms with Gasteiger partial charge in [0.25, 0.3) is 5.91 Å². The van der Waals surface area contributed by atoms with Crippen molar-refractivity contribution in [3.8, 4) is 5.88 Å². The number of hydrogen-bond acceptors (Lipinski definition) is 4. The summed E-state index contributed by atoms with van der Waals surface area (Å²) in [5, 5.41) is 3.32. The number of ether oxygens (including phenoxy) is 1. The van der Waals surface area contributed by atoms with Crippen molar-refractivity contribution < 1.29 is 9.53 Å². The normalized spacial score (nSPS) is 18.6. The molecule has 5 nitrogen and oxygen atoms in total. The van der Waals surface area contributed by atoms with Gasteiger partial charge in [-0.1, -0.05) is 6.07 Å². The van der Waals surface area contributed by atoms with Crippen LogP contribution >= 0.6 is 12.4 Å². The highest BCUT2D eigenvalue weighted by atomic mass is 35.5. The molecule has 1 aromatic rings. The Labute approximate surface area is 126 Å². The predicted octanol–water partition coefficient (Wildman–Crippen LogP) is 1.72. The second-order valence-electron chi connectivity index (χ2n) is 5.13. The van der Waals surface area contributed by atoms with E-state index in [0.29, 0.717) is 17.6 Å². The smallest absolute Gasteiger partial charge is 0.272 e. The molecular formula is C14H22ClN3O2. The van der Waals surface area contributed by atoms with Gasteiger partial charge in [-0.25, -0.2) is 4.98 Å². The van der Waals surface area contributed by atoms with E-state index in [9.17, 15) is 4.79 Å². The van der Waals surface area contributed by atoms with Crippen LogP contribution in [0.25, 0.3) is 0 Å². The molecule has 1 aliphatic heterocycles. The SMILES string of the molecule is CC(C)Oc1cccc(C(=O)N2CCN[C@H](C)C2)n1.Cl. The minimum absolute atomic E-state index is 0.